The Morgan fingerprint density at radius 1 is 1.41 bits per heavy atom. The van der Waals surface area contributed by atoms with Crippen LogP contribution in [-0.2, 0) is 0 Å². The van der Waals surface area contributed by atoms with E-state index in [9.17, 15) is 9.60 Å². The fourth-order valence-electron chi connectivity index (χ4n) is 1.94. The lowest BCUT2D eigenvalue weighted by Crippen LogP contribution is -2.15. The second kappa shape index (κ2) is 5.54. The average Bonchev–Trinajstić information content (AvgIpc) is 2.97. The van der Waals surface area contributed by atoms with Gasteiger partial charge in [-0.25, -0.2) is 14.4 Å². The zero-order valence-electron chi connectivity index (χ0n) is 11.2. The number of halogens is 1. The Balaban J connectivity index is 1.94. The minimum atomic E-state index is -0.497. The molecule has 0 atom stereocenters. The fraction of sp³-hybridized carbons (Fsp3) is 0. The van der Waals surface area contributed by atoms with Crippen molar-refractivity contribution in [3.05, 3.63) is 53.7 Å². The lowest BCUT2D eigenvalue weighted by atomic mass is 10.2. The maximum Gasteiger partial charge on any atom is 0.213 e. The van der Waals surface area contributed by atoms with Crippen LogP contribution in [0.1, 0.15) is 11.4 Å². The summed E-state index contributed by atoms with van der Waals surface area (Å²) >= 11 is 0. The molecule has 6 nitrogen and oxygen atoms in total. The summed E-state index contributed by atoms with van der Waals surface area (Å²) in [6.45, 7) is 0. The molecule has 2 aromatic heterocycles. The molecule has 0 amide bonds. The normalized spacial score (nSPS) is 11.4. The molecule has 0 fully saturated rings. The van der Waals surface area contributed by atoms with Crippen molar-refractivity contribution in [2.45, 2.75) is 0 Å². The summed E-state index contributed by atoms with van der Waals surface area (Å²) in [5.74, 6) is 2.10. The van der Waals surface area contributed by atoms with Crippen molar-refractivity contribution < 1.29 is 9.60 Å². The van der Waals surface area contributed by atoms with E-state index in [2.05, 4.69) is 31.3 Å². The van der Waals surface area contributed by atoms with Gasteiger partial charge in [-0.3, -0.25) is 0 Å². The number of rotatable bonds is 2. The molecule has 0 bridgehead atoms. The van der Waals surface area contributed by atoms with E-state index in [0.29, 0.717) is 22.7 Å². The third kappa shape index (κ3) is 2.45. The monoisotopic (exact) mass is 295 g/mol. The van der Waals surface area contributed by atoms with Crippen molar-refractivity contribution >= 4 is 22.7 Å². The smallest absolute Gasteiger partial charge is 0.213 e. The molecule has 2 heterocycles. The summed E-state index contributed by atoms with van der Waals surface area (Å²) < 4.78 is 13.4. The summed E-state index contributed by atoms with van der Waals surface area (Å²) in [7, 11) is 0. The molecule has 0 aliphatic heterocycles. The van der Waals surface area contributed by atoms with Crippen LogP contribution in [0.4, 0.5) is 10.1 Å². The van der Waals surface area contributed by atoms with Crippen molar-refractivity contribution in [3.63, 3.8) is 0 Å². The number of nitrogens with zero attached hydrogens (tertiary/aromatic N) is 3. The van der Waals surface area contributed by atoms with Gasteiger partial charge in [0.2, 0.25) is 5.84 Å². The first-order valence-corrected chi connectivity index (χ1v) is 6.27. The summed E-state index contributed by atoms with van der Waals surface area (Å²) in [4.78, 5) is 11.3. The quantitative estimate of drug-likeness (QED) is 0.223. The van der Waals surface area contributed by atoms with Gasteiger partial charge in [0, 0.05) is 11.9 Å². The van der Waals surface area contributed by atoms with Crippen LogP contribution in [-0.4, -0.2) is 26.0 Å². The highest BCUT2D eigenvalue weighted by Crippen LogP contribution is 2.15. The summed E-state index contributed by atoms with van der Waals surface area (Å²) in [6.07, 6.45) is 6.83. The highest BCUT2D eigenvalue weighted by atomic mass is 19.1. The number of fused-ring (bicyclic) bond motifs is 1. The largest absolute Gasteiger partial charge is 0.409 e. The highest BCUT2D eigenvalue weighted by molar-refractivity contribution is 6.06. The predicted molar refractivity (Wildman–Crippen MR) is 80.2 cm³/mol. The highest BCUT2D eigenvalue weighted by Gasteiger charge is 2.12. The maximum atomic E-state index is 13.4. The standard InChI is InChI=1S/C15H10FN5O/c1-2-9-8-10(5-6-11(9)16)18-15(21-22)14-19-12-4-3-7-17-13(12)20-14/h1,3-8,22H,(H,18,21)(H,17,19,20). The molecular weight excluding hydrogens is 285 g/mol. The maximum absolute atomic E-state index is 13.4. The van der Waals surface area contributed by atoms with Crippen LogP contribution in [0.5, 0.6) is 0 Å². The lowest BCUT2D eigenvalue weighted by Gasteiger charge is -2.06. The van der Waals surface area contributed by atoms with Gasteiger partial charge in [-0.15, -0.1) is 6.42 Å². The molecule has 0 spiro atoms. The molecule has 0 aliphatic rings. The number of hydrogen-bond acceptors (Lipinski definition) is 4. The molecule has 0 aliphatic carbocycles. The van der Waals surface area contributed by atoms with E-state index in [0.717, 1.165) is 0 Å². The average molecular weight is 295 g/mol. The summed E-state index contributed by atoms with van der Waals surface area (Å²) in [5.41, 5.74) is 1.76. The Bertz CT molecular complexity index is 877. The molecule has 3 N–H and O–H groups in total. The number of anilines is 1. The fourth-order valence-corrected chi connectivity index (χ4v) is 1.94. The molecular formula is C15H10FN5O. The van der Waals surface area contributed by atoms with E-state index < -0.39 is 5.82 Å². The van der Waals surface area contributed by atoms with E-state index in [-0.39, 0.29) is 11.4 Å². The van der Waals surface area contributed by atoms with Crippen LogP contribution in [0.2, 0.25) is 0 Å². The van der Waals surface area contributed by atoms with Crippen LogP contribution in [0.3, 0.4) is 0 Å². The van der Waals surface area contributed by atoms with Gasteiger partial charge in [-0.05, 0) is 30.3 Å². The van der Waals surface area contributed by atoms with Gasteiger partial charge in [0.15, 0.2) is 11.5 Å². The van der Waals surface area contributed by atoms with Crippen LogP contribution < -0.4 is 5.32 Å². The molecule has 0 radical (unpaired) electrons. The minimum absolute atomic E-state index is 0.0626. The van der Waals surface area contributed by atoms with Crippen LogP contribution >= 0.6 is 0 Å². The number of imidazole rings is 1. The molecule has 3 rings (SSSR count). The van der Waals surface area contributed by atoms with Gasteiger partial charge in [-0.2, -0.15) is 0 Å². The third-order valence-electron chi connectivity index (χ3n) is 2.97. The van der Waals surface area contributed by atoms with Gasteiger partial charge in [-0.1, -0.05) is 11.1 Å². The van der Waals surface area contributed by atoms with Crippen molar-refractivity contribution in [2.75, 3.05) is 5.32 Å². The molecule has 22 heavy (non-hydrogen) atoms. The van der Waals surface area contributed by atoms with E-state index in [1.807, 2.05) is 0 Å². The lowest BCUT2D eigenvalue weighted by molar-refractivity contribution is 0.319. The van der Waals surface area contributed by atoms with Gasteiger partial charge in [0.25, 0.3) is 0 Å². The number of oxime groups is 1. The zero-order chi connectivity index (χ0) is 15.5. The molecule has 0 unspecified atom stereocenters. The van der Waals surface area contributed by atoms with E-state index >= 15 is 0 Å². The van der Waals surface area contributed by atoms with E-state index in [1.165, 1.54) is 18.2 Å². The number of aromatic nitrogens is 3. The van der Waals surface area contributed by atoms with Gasteiger partial charge in [0.1, 0.15) is 5.82 Å². The molecule has 1 aromatic carbocycles. The number of terminal acetylenes is 1. The Morgan fingerprint density at radius 3 is 3.00 bits per heavy atom. The topological polar surface area (TPSA) is 86.2 Å². The third-order valence-corrected chi connectivity index (χ3v) is 2.97. The molecule has 3 aromatic rings. The Morgan fingerprint density at radius 2 is 2.27 bits per heavy atom. The number of benzene rings is 1. The molecule has 0 saturated heterocycles. The van der Waals surface area contributed by atoms with Crippen molar-refractivity contribution in [2.24, 2.45) is 5.16 Å². The van der Waals surface area contributed by atoms with Gasteiger partial charge in [0.05, 0.1) is 11.1 Å². The Labute approximate surface area is 124 Å². The van der Waals surface area contributed by atoms with Crippen LogP contribution in [0.15, 0.2) is 41.7 Å². The molecule has 7 heteroatoms. The number of aromatic amines is 1. The van der Waals surface area contributed by atoms with Crippen molar-refractivity contribution in [3.8, 4) is 12.3 Å². The first kappa shape index (κ1) is 13.6. The predicted octanol–water partition coefficient (Wildman–Crippen LogP) is 2.33. The van der Waals surface area contributed by atoms with Crippen molar-refractivity contribution in [1.29, 1.82) is 0 Å². The summed E-state index contributed by atoms with van der Waals surface area (Å²) in [6, 6.07) is 7.69. The number of amidine groups is 1. The van der Waals surface area contributed by atoms with Gasteiger partial charge >= 0.3 is 0 Å². The van der Waals surface area contributed by atoms with Gasteiger partial charge < -0.3 is 15.5 Å². The van der Waals surface area contributed by atoms with E-state index in [4.69, 9.17) is 6.42 Å². The minimum Gasteiger partial charge on any atom is -0.409 e. The van der Waals surface area contributed by atoms with Crippen molar-refractivity contribution in [1.82, 2.24) is 15.0 Å². The number of hydrogen-bond donors (Lipinski definition) is 3. The first-order chi connectivity index (χ1) is 10.7. The second-order valence-electron chi connectivity index (χ2n) is 4.37. The Kier molecular flexibility index (Phi) is 3.42. The summed E-state index contributed by atoms with van der Waals surface area (Å²) in [5, 5.41) is 15.2. The molecule has 108 valence electrons. The number of nitrogens with one attached hydrogen (secondary N) is 2. The van der Waals surface area contributed by atoms with E-state index in [1.54, 1.807) is 18.3 Å². The van der Waals surface area contributed by atoms with Crippen LogP contribution in [0, 0.1) is 18.2 Å². The molecule has 0 saturated carbocycles. The first-order valence-electron chi connectivity index (χ1n) is 6.27. The number of pyridine rings is 1. The Hall–Kier alpha value is -3.40. The second-order valence-corrected chi connectivity index (χ2v) is 4.37. The zero-order valence-corrected chi connectivity index (χ0v) is 11.2. The number of H-pyrrole nitrogens is 1. The van der Waals surface area contributed by atoms with Crippen LogP contribution in [0.25, 0.3) is 11.2 Å². The SMILES string of the molecule is C#Cc1cc(N/C(=N/O)c2nc3ncccc3[nH]2)ccc1F.